The number of ether oxygens (including phenoxy) is 1. The van der Waals surface area contributed by atoms with Gasteiger partial charge in [-0.3, -0.25) is 19.3 Å². The van der Waals surface area contributed by atoms with Crippen LogP contribution in [0.2, 0.25) is 0 Å². The molecule has 1 aliphatic heterocycles. The van der Waals surface area contributed by atoms with E-state index in [2.05, 4.69) is 5.32 Å². The Balaban J connectivity index is 2.39. The first-order valence-corrected chi connectivity index (χ1v) is 7.79. The van der Waals surface area contributed by atoms with Crippen molar-refractivity contribution >= 4 is 17.8 Å². The van der Waals surface area contributed by atoms with Crippen LogP contribution in [0.25, 0.3) is 0 Å². The molecule has 0 aromatic carbocycles. The average Bonchev–Trinajstić information content (AvgIpc) is 2.73. The van der Waals surface area contributed by atoms with Gasteiger partial charge in [-0.05, 0) is 32.7 Å². The number of nitrogens with zero attached hydrogens (tertiary/aromatic N) is 1. The fourth-order valence-electron chi connectivity index (χ4n) is 2.59. The molecule has 0 spiro atoms. The molecule has 6 nitrogen and oxygen atoms in total. The lowest BCUT2D eigenvalue weighted by atomic mass is 10.1. The van der Waals surface area contributed by atoms with E-state index < -0.39 is 6.04 Å². The van der Waals surface area contributed by atoms with Gasteiger partial charge in [0.05, 0.1) is 19.1 Å². The molecule has 1 heterocycles. The third kappa shape index (κ3) is 4.81. The number of rotatable bonds is 9. The molecule has 0 aromatic heterocycles. The minimum Gasteiger partial charge on any atom is -0.466 e. The summed E-state index contributed by atoms with van der Waals surface area (Å²) >= 11 is 0. The van der Waals surface area contributed by atoms with Crippen molar-refractivity contribution in [3.05, 3.63) is 0 Å². The first-order valence-electron chi connectivity index (χ1n) is 7.79. The topological polar surface area (TPSA) is 75.7 Å². The molecule has 1 fully saturated rings. The molecule has 1 rings (SSSR count). The summed E-state index contributed by atoms with van der Waals surface area (Å²) in [4.78, 5) is 36.8. The van der Waals surface area contributed by atoms with Crippen molar-refractivity contribution in [1.82, 2.24) is 10.2 Å². The number of imide groups is 1. The summed E-state index contributed by atoms with van der Waals surface area (Å²) in [5.41, 5.74) is 0. The van der Waals surface area contributed by atoms with Crippen molar-refractivity contribution in [3.63, 3.8) is 0 Å². The van der Waals surface area contributed by atoms with Crippen LogP contribution in [0.5, 0.6) is 0 Å². The summed E-state index contributed by atoms with van der Waals surface area (Å²) in [7, 11) is 0. The molecule has 1 aliphatic rings. The van der Waals surface area contributed by atoms with E-state index in [9.17, 15) is 14.4 Å². The lowest BCUT2D eigenvalue weighted by Crippen LogP contribution is -2.43. The lowest BCUT2D eigenvalue weighted by Gasteiger charge is -2.24. The van der Waals surface area contributed by atoms with Gasteiger partial charge in [-0.1, -0.05) is 13.8 Å². The van der Waals surface area contributed by atoms with Gasteiger partial charge in [0, 0.05) is 12.5 Å². The van der Waals surface area contributed by atoms with Gasteiger partial charge in [0.2, 0.25) is 11.8 Å². The van der Waals surface area contributed by atoms with Crippen molar-refractivity contribution in [2.75, 3.05) is 13.2 Å². The van der Waals surface area contributed by atoms with Gasteiger partial charge >= 0.3 is 5.97 Å². The molecular formula is C15H26N2O4. The van der Waals surface area contributed by atoms with E-state index in [1.54, 1.807) is 6.92 Å². The molecule has 0 saturated carbocycles. The van der Waals surface area contributed by atoms with Crippen LogP contribution in [0.15, 0.2) is 0 Å². The van der Waals surface area contributed by atoms with Crippen LogP contribution in [0, 0.1) is 0 Å². The van der Waals surface area contributed by atoms with Crippen molar-refractivity contribution in [3.8, 4) is 0 Å². The van der Waals surface area contributed by atoms with Gasteiger partial charge < -0.3 is 10.1 Å². The Morgan fingerprint density at radius 2 is 2.00 bits per heavy atom. The van der Waals surface area contributed by atoms with Crippen LogP contribution in [-0.4, -0.2) is 47.9 Å². The first-order chi connectivity index (χ1) is 10.0. The fraction of sp³-hybridized carbons (Fsp3) is 0.800. The summed E-state index contributed by atoms with van der Waals surface area (Å²) in [6.45, 7) is 6.64. The largest absolute Gasteiger partial charge is 0.466 e. The molecule has 0 aliphatic carbocycles. The van der Waals surface area contributed by atoms with Gasteiger partial charge in [-0.25, -0.2) is 0 Å². The summed E-state index contributed by atoms with van der Waals surface area (Å²) in [5.74, 6) is -0.465. The van der Waals surface area contributed by atoms with Crippen LogP contribution in [0.4, 0.5) is 0 Å². The second kappa shape index (κ2) is 8.77. The van der Waals surface area contributed by atoms with Gasteiger partial charge in [-0.15, -0.1) is 0 Å². The minimum atomic E-state index is -0.444. The molecule has 1 atom stereocenters. The Morgan fingerprint density at radius 1 is 1.33 bits per heavy atom. The standard InChI is InChI=1S/C15H26N2O4/c1-4-11(5-2)17-13(18)10-12(15(17)20)16-9-7-8-14(19)21-6-3/h11-12,16H,4-10H2,1-3H3. The SMILES string of the molecule is CCOC(=O)CCCNC1CC(=O)N(C(CC)CC)C1=O. The van der Waals surface area contributed by atoms with Gasteiger partial charge in [-0.2, -0.15) is 0 Å². The molecule has 2 amide bonds. The zero-order valence-corrected chi connectivity index (χ0v) is 13.2. The van der Waals surface area contributed by atoms with E-state index in [1.807, 2.05) is 13.8 Å². The number of likely N-dealkylation sites (tertiary alicyclic amines) is 1. The maximum absolute atomic E-state index is 12.3. The molecular weight excluding hydrogens is 272 g/mol. The normalized spacial score (nSPS) is 18.7. The van der Waals surface area contributed by atoms with E-state index in [1.165, 1.54) is 4.90 Å². The second-order valence-electron chi connectivity index (χ2n) is 5.19. The smallest absolute Gasteiger partial charge is 0.305 e. The molecule has 1 N–H and O–H groups in total. The molecule has 1 saturated heterocycles. The van der Waals surface area contributed by atoms with Crippen molar-refractivity contribution < 1.29 is 19.1 Å². The van der Waals surface area contributed by atoms with E-state index in [0.717, 1.165) is 12.8 Å². The number of hydrogen-bond acceptors (Lipinski definition) is 5. The zero-order valence-electron chi connectivity index (χ0n) is 13.2. The highest BCUT2D eigenvalue weighted by Crippen LogP contribution is 2.20. The Kier molecular flexibility index (Phi) is 7.36. The molecule has 6 heteroatoms. The lowest BCUT2D eigenvalue weighted by molar-refractivity contribution is -0.143. The Morgan fingerprint density at radius 3 is 2.57 bits per heavy atom. The minimum absolute atomic E-state index is 0.00340. The molecule has 21 heavy (non-hydrogen) atoms. The van der Waals surface area contributed by atoms with Crippen LogP contribution >= 0.6 is 0 Å². The Hall–Kier alpha value is -1.43. The highest BCUT2D eigenvalue weighted by Gasteiger charge is 2.40. The number of carbonyl (C=O) groups excluding carboxylic acids is 3. The third-order valence-corrected chi connectivity index (χ3v) is 3.74. The first kappa shape index (κ1) is 17.6. The molecule has 0 aromatic rings. The van der Waals surface area contributed by atoms with E-state index >= 15 is 0 Å². The average molecular weight is 298 g/mol. The van der Waals surface area contributed by atoms with Crippen LogP contribution < -0.4 is 5.32 Å². The van der Waals surface area contributed by atoms with Crippen LogP contribution in [0.3, 0.4) is 0 Å². The highest BCUT2D eigenvalue weighted by atomic mass is 16.5. The summed E-state index contributed by atoms with van der Waals surface area (Å²) < 4.78 is 4.83. The molecule has 0 bridgehead atoms. The fourth-order valence-corrected chi connectivity index (χ4v) is 2.59. The number of carbonyl (C=O) groups is 3. The van der Waals surface area contributed by atoms with E-state index in [4.69, 9.17) is 4.74 Å². The Bertz CT molecular complexity index is 380. The number of nitrogens with one attached hydrogen (secondary N) is 1. The van der Waals surface area contributed by atoms with Crippen LogP contribution in [-0.2, 0) is 19.1 Å². The molecule has 0 radical (unpaired) electrons. The quantitative estimate of drug-likeness (QED) is 0.394. The predicted octanol–water partition coefficient (Wildman–Crippen LogP) is 1.24. The summed E-state index contributed by atoms with van der Waals surface area (Å²) in [6.07, 6.45) is 2.70. The second-order valence-corrected chi connectivity index (χ2v) is 5.19. The Labute approximate surface area is 126 Å². The monoisotopic (exact) mass is 298 g/mol. The number of hydrogen-bond donors (Lipinski definition) is 1. The van der Waals surface area contributed by atoms with E-state index in [-0.39, 0.29) is 30.2 Å². The maximum atomic E-state index is 12.3. The highest BCUT2D eigenvalue weighted by molar-refractivity contribution is 6.05. The number of amides is 2. The van der Waals surface area contributed by atoms with Crippen LogP contribution in [0.1, 0.15) is 52.9 Å². The van der Waals surface area contributed by atoms with E-state index in [0.29, 0.717) is 26.0 Å². The zero-order chi connectivity index (χ0) is 15.8. The number of esters is 1. The van der Waals surface area contributed by atoms with Gasteiger partial charge in [0.15, 0.2) is 0 Å². The van der Waals surface area contributed by atoms with Gasteiger partial charge in [0.25, 0.3) is 0 Å². The third-order valence-electron chi connectivity index (χ3n) is 3.74. The predicted molar refractivity (Wildman–Crippen MR) is 78.5 cm³/mol. The van der Waals surface area contributed by atoms with Crippen molar-refractivity contribution in [2.45, 2.75) is 65.0 Å². The van der Waals surface area contributed by atoms with Crippen molar-refractivity contribution in [1.29, 1.82) is 0 Å². The molecule has 120 valence electrons. The maximum Gasteiger partial charge on any atom is 0.305 e. The summed E-state index contributed by atoms with van der Waals surface area (Å²) in [6, 6.07) is -0.448. The van der Waals surface area contributed by atoms with Crippen molar-refractivity contribution in [2.24, 2.45) is 0 Å². The van der Waals surface area contributed by atoms with Gasteiger partial charge in [0.1, 0.15) is 0 Å². The summed E-state index contributed by atoms with van der Waals surface area (Å²) in [5, 5.41) is 3.07. The molecule has 1 unspecified atom stereocenters.